The van der Waals surface area contributed by atoms with E-state index < -0.39 is 0 Å². The van der Waals surface area contributed by atoms with E-state index in [-0.39, 0.29) is 0 Å². The van der Waals surface area contributed by atoms with Crippen LogP contribution in [0.4, 0.5) is 0 Å². The molecule has 46 valence electrons. The van der Waals surface area contributed by atoms with Crippen molar-refractivity contribution in [3.05, 3.63) is 0 Å². The van der Waals surface area contributed by atoms with Gasteiger partial charge in [-0.3, -0.25) is 4.99 Å². The van der Waals surface area contributed by atoms with Crippen LogP contribution in [0.5, 0.6) is 0 Å². The summed E-state index contributed by atoms with van der Waals surface area (Å²) in [4.78, 5) is 4.27. The summed E-state index contributed by atoms with van der Waals surface area (Å²) in [5.41, 5.74) is 0. The average Bonchev–Trinajstić information content (AvgIpc) is 2.12. The Morgan fingerprint density at radius 2 is 2.50 bits per heavy atom. The Bertz CT molecular complexity index is 98.7. The third kappa shape index (κ3) is 1.25. The molecule has 1 nitrogen and oxygen atoms in total. The van der Waals surface area contributed by atoms with Gasteiger partial charge in [-0.05, 0) is 5.92 Å². The number of nitrogens with zero attached hydrogens (tertiary/aromatic N) is 1. The van der Waals surface area contributed by atoms with Crippen molar-refractivity contribution >= 4 is 18.0 Å². The first-order chi connectivity index (χ1) is 3.80. The standard InChI is InChI=1S/C6H11NS/c1-5(2)6-7-3-4-8-6/h3,5-6H,4H2,1-2H3/t6-/m1/s1. The van der Waals surface area contributed by atoms with E-state index in [1.165, 1.54) is 0 Å². The third-order valence-electron chi connectivity index (χ3n) is 1.16. The quantitative estimate of drug-likeness (QED) is 0.525. The van der Waals surface area contributed by atoms with Crippen molar-refractivity contribution in [3.8, 4) is 0 Å². The molecule has 0 radical (unpaired) electrons. The fraction of sp³-hybridized carbons (Fsp3) is 0.833. The van der Waals surface area contributed by atoms with Crippen molar-refractivity contribution in [1.82, 2.24) is 0 Å². The Morgan fingerprint density at radius 3 is 2.75 bits per heavy atom. The molecule has 0 saturated heterocycles. The summed E-state index contributed by atoms with van der Waals surface area (Å²) in [6.45, 7) is 4.42. The molecule has 0 aromatic heterocycles. The Hall–Kier alpha value is 0.0200. The minimum Gasteiger partial charge on any atom is -0.282 e. The average molecular weight is 129 g/mol. The van der Waals surface area contributed by atoms with Crippen molar-refractivity contribution in [1.29, 1.82) is 0 Å². The van der Waals surface area contributed by atoms with Gasteiger partial charge in [0.05, 0.1) is 5.37 Å². The van der Waals surface area contributed by atoms with E-state index >= 15 is 0 Å². The van der Waals surface area contributed by atoms with Crippen LogP contribution in [0.25, 0.3) is 0 Å². The van der Waals surface area contributed by atoms with Crippen LogP contribution >= 0.6 is 11.8 Å². The van der Waals surface area contributed by atoms with Crippen LogP contribution in [-0.2, 0) is 0 Å². The summed E-state index contributed by atoms with van der Waals surface area (Å²) in [5, 5.41) is 0.551. The minimum absolute atomic E-state index is 0.551. The van der Waals surface area contributed by atoms with Gasteiger partial charge < -0.3 is 0 Å². The van der Waals surface area contributed by atoms with Gasteiger partial charge in [-0.25, -0.2) is 0 Å². The highest BCUT2D eigenvalue weighted by Crippen LogP contribution is 2.23. The van der Waals surface area contributed by atoms with Crippen molar-refractivity contribution in [3.63, 3.8) is 0 Å². The third-order valence-corrected chi connectivity index (χ3v) is 2.51. The van der Waals surface area contributed by atoms with Crippen LogP contribution in [0.1, 0.15) is 13.8 Å². The Balaban J connectivity index is 2.36. The Morgan fingerprint density at radius 1 is 1.75 bits per heavy atom. The molecule has 1 aliphatic heterocycles. The molecule has 1 atom stereocenters. The molecule has 2 heteroatoms. The lowest BCUT2D eigenvalue weighted by Gasteiger charge is -2.08. The molecule has 1 rings (SSSR count). The van der Waals surface area contributed by atoms with E-state index in [0.717, 1.165) is 5.75 Å². The van der Waals surface area contributed by atoms with Gasteiger partial charge in [-0.15, -0.1) is 11.8 Å². The summed E-state index contributed by atoms with van der Waals surface area (Å²) in [6, 6.07) is 0. The van der Waals surface area contributed by atoms with Gasteiger partial charge in [0.15, 0.2) is 0 Å². The maximum Gasteiger partial charge on any atom is 0.0974 e. The highest BCUT2D eigenvalue weighted by atomic mass is 32.2. The minimum atomic E-state index is 0.551. The summed E-state index contributed by atoms with van der Waals surface area (Å²) in [5.74, 6) is 1.82. The first kappa shape index (κ1) is 6.14. The molecule has 0 saturated carbocycles. The second kappa shape index (κ2) is 2.53. The lowest BCUT2D eigenvalue weighted by molar-refractivity contribution is 0.631. The molecular formula is C6H11NS. The number of thioether (sulfide) groups is 1. The van der Waals surface area contributed by atoms with Crippen molar-refractivity contribution in [2.75, 3.05) is 5.75 Å². The predicted molar refractivity (Wildman–Crippen MR) is 39.6 cm³/mol. The molecule has 0 spiro atoms. The molecule has 0 N–H and O–H groups in total. The molecule has 0 bridgehead atoms. The summed E-state index contributed by atoms with van der Waals surface area (Å²) in [7, 11) is 0. The topological polar surface area (TPSA) is 12.4 Å². The molecule has 1 aliphatic rings. The summed E-state index contributed by atoms with van der Waals surface area (Å²) >= 11 is 1.93. The van der Waals surface area contributed by atoms with Crippen molar-refractivity contribution in [2.24, 2.45) is 10.9 Å². The van der Waals surface area contributed by atoms with Crippen LogP contribution < -0.4 is 0 Å². The highest BCUT2D eigenvalue weighted by Gasteiger charge is 2.13. The Kier molecular flexibility index (Phi) is 1.95. The summed E-state index contributed by atoms with van der Waals surface area (Å²) in [6.07, 6.45) is 2.01. The molecular weight excluding hydrogens is 118 g/mol. The van der Waals surface area contributed by atoms with Gasteiger partial charge in [0.2, 0.25) is 0 Å². The van der Waals surface area contributed by atoms with Gasteiger partial charge in [-0.2, -0.15) is 0 Å². The zero-order valence-corrected chi connectivity index (χ0v) is 6.11. The molecule has 0 aromatic carbocycles. The SMILES string of the molecule is CC(C)[C@@H]1N=CCS1. The number of hydrogen-bond donors (Lipinski definition) is 0. The van der Waals surface area contributed by atoms with Gasteiger partial charge in [0, 0.05) is 12.0 Å². The smallest absolute Gasteiger partial charge is 0.0974 e. The van der Waals surface area contributed by atoms with E-state index in [1.54, 1.807) is 0 Å². The van der Waals surface area contributed by atoms with Crippen LogP contribution in [-0.4, -0.2) is 17.3 Å². The maximum absolute atomic E-state index is 4.27. The zero-order valence-electron chi connectivity index (χ0n) is 5.29. The summed E-state index contributed by atoms with van der Waals surface area (Å²) < 4.78 is 0. The molecule has 8 heavy (non-hydrogen) atoms. The zero-order chi connectivity index (χ0) is 5.98. The van der Waals surface area contributed by atoms with Crippen LogP contribution in [0.3, 0.4) is 0 Å². The molecule has 0 aromatic rings. The van der Waals surface area contributed by atoms with Gasteiger partial charge in [0.25, 0.3) is 0 Å². The molecule has 0 amide bonds. The van der Waals surface area contributed by atoms with E-state index in [4.69, 9.17) is 0 Å². The molecule has 1 heterocycles. The van der Waals surface area contributed by atoms with Crippen LogP contribution in [0.2, 0.25) is 0 Å². The first-order valence-electron chi connectivity index (χ1n) is 2.94. The molecule has 0 unspecified atom stereocenters. The van der Waals surface area contributed by atoms with Crippen LogP contribution in [0.15, 0.2) is 4.99 Å². The Labute approximate surface area is 54.6 Å². The largest absolute Gasteiger partial charge is 0.282 e. The number of aliphatic imine (C=N–C) groups is 1. The fourth-order valence-corrected chi connectivity index (χ4v) is 1.62. The van der Waals surface area contributed by atoms with E-state index in [9.17, 15) is 0 Å². The monoisotopic (exact) mass is 129 g/mol. The second-order valence-corrected chi connectivity index (χ2v) is 3.45. The highest BCUT2D eigenvalue weighted by molar-refractivity contribution is 8.00. The van der Waals surface area contributed by atoms with Crippen LogP contribution in [0, 0.1) is 5.92 Å². The van der Waals surface area contributed by atoms with Crippen molar-refractivity contribution in [2.45, 2.75) is 19.2 Å². The first-order valence-corrected chi connectivity index (χ1v) is 3.99. The number of hydrogen-bond acceptors (Lipinski definition) is 2. The lowest BCUT2D eigenvalue weighted by atomic mass is 10.2. The van der Waals surface area contributed by atoms with Gasteiger partial charge in [0.1, 0.15) is 0 Å². The van der Waals surface area contributed by atoms with E-state index in [0.29, 0.717) is 11.3 Å². The predicted octanol–water partition coefficient (Wildman–Crippen LogP) is 1.79. The normalized spacial score (nSPS) is 27.6. The van der Waals surface area contributed by atoms with E-state index in [1.807, 2.05) is 18.0 Å². The van der Waals surface area contributed by atoms with E-state index in [2.05, 4.69) is 18.8 Å². The maximum atomic E-state index is 4.27. The number of rotatable bonds is 1. The molecule has 0 fully saturated rings. The lowest BCUT2D eigenvalue weighted by Crippen LogP contribution is -2.03. The second-order valence-electron chi connectivity index (χ2n) is 2.30. The van der Waals surface area contributed by atoms with Gasteiger partial charge in [-0.1, -0.05) is 13.8 Å². The van der Waals surface area contributed by atoms with Gasteiger partial charge >= 0.3 is 0 Å². The van der Waals surface area contributed by atoms with Crippen molar-refractivity contribution < 1.29 is 0 Å². The molecule has 0 aliphatic carbocycles. The fourth-order valence-electron chi connectivity index (χ4n) is 0.696.